The predicted molar refractivity (Wildman–Crippen MR) is 118 cm³/mol. The minimum absolute atomic E-state index is 0.106. The molecule has 0 saturated carbocycles. The van der Waals surface area contributed by atoms with Gasteiger partial charge in [-0.05, 0) is 42.5 Å². The maximum Gasteiger partial charge on any atom is 0.253 e. The molecular weight excluding hydrogens is 418 g/mol. The summed E-state index contributed by atoms with van der Waals surface area (Å²) in [4.78, 5) is 17.0. The van der Waals surface area contributed by atoms with E-state index in [0.717, 1.165) is 31.1 Å². The summed E-state index contributed by atoms with van der Waals surface area (Å²) < 4.78 is 37.8. The van der Waals surface area contributed by atoms with E-state index in [1.165, 1.54) is 12.1 Å². The lowest BCUT2D eigenvalue weighted by molar-refractivity contribution is 0.0620. The Kier molecular flexibility index (Phi) is 7.89. The van der Waals surface area contributed by atoms with Crippen LogP contribution < -0.4 is 14.2 Å². The molecule has 2 aromatic carbocycles. The number of methoxy groups -OCH3 is 1. The second-order valence-corrected chi connectivity index (χ2v) is 8.95. The van der Waals surface area contributed by atoms with E-state index < -0.39 is 10.0 Å². The zero-order valence-electron chi connectivity index (χ0n) is 17.9. The summed E-state index contributed by atoms with van der Waals surface area (Å²) in [5.74, 6) is 1.43. The quantitative estimate of drug-likeness (QED) is 0.631. The van der Waals surface area contributed by atoms with Crippen LogP contribution in [0.2, 0.25) is 0 Å². The van der Waals surface area contributed by atoms with E-state index in [1.54, 1.807) is 31.1 Å². The predicted octanol–water partition coefficient (Wildman–Crippen LogP) is 1.83. The summed E-state index contributed by atoms with van der Waals surface area (Å²) >= 11 is 0. The number of amides is 1. The van der Waals surface area contributed by atoms with Gasteiger partial charge in [-0.15, -0.1) is 0 Å². The van der Waals surface area contributed by atoms with E-state index in [-0.39, 0.29) is 10.8 Å². The molecule has 1 amide bonds. The summed E-state index contributed by atoms with van der Waals surface area (Å²) in [6.45, 7) is 6.01. The Morgan fingerprint density at radius 2 is 1.71 bits per heavy atom. The molecule has 0 radical (unpaired) electrons. The maximum absolute atomic E-state index is 12.9. The second kappa shape index (κ2) is 10.6. The number of nitrogens with zero attached hydrogens (tertiary/aromatic N) is 2. The summed E-state index contributed by atoms with van der Waals surface area (Å²) in [6, 6.07) is 13.7. The standard InChI is InChI=1S/C22H29N3O5S/c1-3-23-31(27,28)21-6-4-5-18(17-21)22(26)25-13-11-24(12-14-25)15-16-30-20-9-7-19(29-2)8-10-20/h4-10,17,23H,3,11-16H2,1-2H3. The first kappa shape index (κ1) is 23.1. The fourth-order valence-electron chi connectivity index (χ4n) is 3.39. The van der Waals surface area contributed by atoms with Crippen molar-refractivity contribution in [2.24, 2.45) is 0 Å². The third-order valence-electron chi connectivity index (χ3n) is 5.12. The van der Waals surface area contributed by atoms with Gasteiger partial charge in [0.15, 0.2) is 0 Å². The van der Waals surface area contributed by atoms with Gasteiger partial charge in [-0.3, -0.25) is 9.69 Å². The molecule has 0 atom stereocenters. The van der Waals surface area contributed by atoms with E-state index in [9.17, 15) is 13.2 Å². The van der Waals surface area contributed by atoms with Crippen LogP contribution in [0.4, 0.5) is 0 Å². The lowest BCUT2D eigenvalue weighted by Gasteiger charge is -2.34. The van der Waals surface area contributed by atoms with Gasteiger partial charge in [-0.1, -0.05) is 13.0 Å². The van der Waals surface area contributed by atoms with Crippen molar-refractivity contribution >= 4 is 15.9 Å². The van der Waals surface area contributed by atoms with Gasteiger partial charge in [-0.25, -0.2) is 13.1 Å². The number of carbonyl (C=O) groups excluding carboxylic acids is 1. The van der Waals surface area contributed by atoms with Crippen molar-refractivity contribution < 1.29 is 22.7 Å². The highest BCUT2D eigenvalue weighted by Crippen LogP contribution is 2.17. The number of nitrogens with one attached hydrogen (secondary N) is 1. The highest BCUT2D eigenvalue weighted by molar-refractivity contribution is 7.89. The summed E-state index contributed by atoms with van der Waals surface area (Å²) in [5.41, 5.74) is 0.385. The molecule has 8 nitrogen and oxygen atoms in total. The van der Waals surface area contributed by atoms with Crippen molar-refractivity contribution in [1.29, 1.82) is 0 Å². The number of hydrogen-bond donors (Lipinski definition) is 1. The van der Waals surface area contributed by atoms with Crippen molar-refractivity contribution in [2.75, 3.05) is 53.0 Å². The topological polar surface area (TPSA) is 88.2 Å². The first-order chi connectivity index (χ1) is 14.9. The Morgan fingerprint density at radius 1 is 1.03 bits per heavy atom. The Morgan fingerprint density at radius 3 is 2.35 bits per heavy atom. The zero-order chi connectivity index (χ0) is 22.3. The number of benzene rings is 2. The minimum Gasteiger partial charge on any atom is -0.497 e. The summed E-state index contributed by atoms with van der Waals surface area (Å²) in [5, 5.41) is 0. The monoisotopic (exact) mass is 447 g/mol. The highest BCUT2D eigenvalue weighted by Gasteiger charge is 2.23. The smallest absolute Gasteiger partial charge is 0.253 e. The Balaban J connectivity index is 1.48. The van der Waals surface area contributed by atoms with Gasteiger partial charge in [0.2, 0.25) is 10.0 Å². The molecule has 1 N–H and O–H groups in total. The van der Waals surface area contributed by atoms with Crippen LogP contribution in [0.5, 0.6) is 11.5 Å². The van der Waals surface area contributed by atoms with Crippen molar-refractivity contribution in [3.05, 3.63) is 54.1 Å². The molecule has 0 aliphatic carbocycles. The molecule has 9 heteroatoms. The van der Waals surface area contributed by atoms with Gasteiger partial charge in [-0.2, -0.15) is 0 Å². The number of hydrogen-bond acceptors (Lipinski definition) is 6. The largest absolute Gasteiger partial charge is 0.497 e. The number of rotatable bonds is 9. The molecule has 0 aromatic heterocycles. The number of sulfonamides is 1. The third kappa shape index (κ3) is 6.19. The normalized spacial score (nSPS) is 15.0. The van der Waals surface area contributed by atoms with Gasteiger partial charge in [0.25, 0.3) is 5.91 Å². The molecule has 31 heavy (non-hydrogen) atoms. The van der Waals surface area contributed by atoms with E-state index in [2.05, 4.69) is 9.62 Å². The van der Waals surface area contributed by atoms with Gasteiger partial charge >= 0.3 is 0 Å². The van der Waals surface area contributed by atoms with Gasteiger partial charge in [0.05, 0.1) is 12.0 Å². The summed E-state index contributed by atoms with van der Waals surface area (Å²) in [6.07, 6.45) is 0. The summed E-state index contributed by atoms with van der Waals surface area (Å²) in [7, 11) is -1.97. The van der Waals surface area contributed by atoms with Crippen molar-refractivity contribution in [2.45, 2.75) is 11.8 Å². The van der Waals surface area contributed by atoms with Gasteiger partial charge in [0.1, 0.15) is 18.1 Å². The minimum atomic E-state index is -3.59. The molecule has 1 aliphatic rings. The molecule has 0 bridgehead atoms. The molecule has 168 valence electrons. The lowest BCUT2D eigenvalue weighted by Crippen LogP contribution is -2.49. The lowest BCUT2D eigenvalue weighted by atomic mass is 10.2. The van der Waals surface area contributed by atoms with Gasteiger partial charge < -0.3 is 14.4 Å². The molecule has 2 aromatic rings. The second-order valence-electron chi connectivity index (χ2n) is 7.19. The highest BCUT2D eigenvalue weighted by atomic mass is 32.2. The molecule has 0 unspecified atom stereocenters. The number of ether oxygens (including phenoxy) is 2. The van der Waals surface area contributed by atoms with Crippen LogP contribution >= 0.6 is 0 Å². The maximum atomic E-state index is 12.9. The molecule has 3 rings (SSSR count). The Hall–Kier alpha value is -2.62. The van der Waals surface area contributed by atoms with E-state index in [0.29, 0.717) is 31.8 Å². The first-order valence-corrected chi connectivity index (χ1v) is 11.8. The fraction of sp³-hybridized carbons (Fsp3) is 0.409. The third-order valence-corrected chi connectivity index (χ3v) is 6.66. The van der Waals surface area contributed by atoms with Crippen molar-refractivity contribution in [3.8, 4) is 11.5 Å². The molecule has 1 aliphatic heterocycles. The van der Waals surface area contributed by atoms with Crippen molar-refractivity contribution in [3.63, 3.8) is 0 Å². The molecule has 1 heterocycles. The van der Waals surface area contributed by atoms with Crippen LogP contribution in [0, 0.1) is 0 Å². The Bertz CT molecular complexity index is 971. The van der Waals surface area contributed by atoms with Crippen LogP contribution in [-0.2, 0) is 10.0 Å². The van der Waals surface area contributed by atoms with Crippen LogP contribution in [-0.4, -0.2) is 77.1 Å². The van der Waals surface area contributed by atoms with E-state index in [4.69, 9.17) is 9.47 Å². The van der Waals surface area contributed by atoms with Gasteiger partial charge in [0, 0.05) is 44.8 Å². The molecule has 0 spiro atoms. The van der Waals surface area contributed by atoms with Crippen LogP contribution in [0.15, 0.2) is 53.4 Å². The first-order valence-electron chi connectivity index (χ1n) is 10.3. The SMILES string of the molecule is CCNS(=O)(=O)c1cccc(C(=O)N2CCN(CCOc3ccc(OC)cc3)CC2)c1. The van der Waals surface area contributed by atoms with E-state index >= 15 is 0 Å². The Labute approximate surface area is 183 Å². The fourth-order valence-corrected chi connectivity index (χ4v) is 4.48. The van der Waals surface area contributed by atoms with Crippen LogP contribution in [0.1, 0.15) is 17.3 Å². The number of piperazine rings is 1. The van der Waals surface area contributed by atoms with E-state index in [1.807, 2.05) is 24.3 Å². The molecule has 1 saturated heterocycles. The average Bonchev–Trinajstić information content (AvgIpc) is 2.79. The number of carbonyl (C=O) groups is 1. The zero-order valence-corrected chi connectivity index (χ0v) is 18.7. The van der Waals surface area contributed by atoms with Crippen LogP contribution in [0.25, 0.3) is 0 Å². The molecular formula is C22H29N3O5S. The average molecular weight is 448 g/mol. The van der Waals surface area contributed by atoms with Crippen LogP contribution in [0.3, 0.4) is 0 Å². The van der Waals surface area contributed by atoms with Crippen molar-refractivity contribution in [1.82, 2.24) is 14.5 Å². The molecule has 1 fully saturated rings.